The molecular weight excluding hydrogens is 218 g/mol. The molecule has 1 aromatic carbocycles. The Morgan fingerprint density at radius 1 is 1.44 bits per heavy atom. The summed E-state index contributed by atoms with van der Waals surface area (Å²) >= 11 is 1.65. The molecule has 84 valence electrons. The number of hydrogen-bond donors (Lipinski definition) is 0. The van der Waals surface area contributed by atoms with Gasteiger partial charge in [-0.3, -0.25) is 4.79 Å². The minimum Gasteiger partial charge on any atom is -0.298 e. The third-order valence-electron chi connectivity index (χ3n) is 2.74. The van der Waals surface area contributed by atoms with E-state index in [0.29, 0.717) is 6.42 Å². The zero-order valence-electron chi connectivity index (χ0n) is 9.56. The lowest BCUT2D eigenvalue weighted by molar-refractivity contribution is -0.120. The molecule has 0 bridgehead atoms. The second-order valence-corrected chi connectivity index (χ2v) is 4.67. The molecule has 0 spiro atoms. The fraction of sp³-hybridized carbons (Fsp3) is 0.385. The van der Waals surface area contributed by atoms with Gasteiger partial charge in [-0.05, 0) is 30.9 Å². The Balaban J connectivity index is 3.14. The van der Waals surface area contributed by atoms with Gasteiger partial charge in [0.25, 0.3) is 0 Å². The predicted octanol–water partition coefficient (Wildman–Crippen LogP) is 2.79. The van der Waals surface area contributed by atoms with Gasteiger partial charge in [-0.25, -0.2) is 0 Å². The van der Waals surface area contributed by atoms with E-state index in [2.05, 4.69) is 6.07 Å². The van der Waals surface area contributed by atoms with Gasteiger partial charge in [0.2, 0.25) is 0 Å². The standard InChI is InChI=1S/C13H15NOS/c1-11(15)13(10-14,8-9-16-2)12-6-4-3-5-7-12/h3-7H,8-9H2,1-2H3. The van der Waals surface area contributed by atoms with Gasteiger partial charge in [0.05, 0.1) is 6.07 Å². The molecule has 0 saturated carbocycles. The van der Waals surface area contributed by atoms with Crippen LogP contribution in [-0.2, 0) is 10.2 Å². The normalized spacial score (nSPS) is 13.8. The highest BCUT2D eigenvalue weighted by Gasteiger charge is 2.36. The van der Waals surface area contributed by atoms with Crippen molar-refractivity contribution in [3.63, 3.8) is 0 Å². The van der Waals surface area contributed by atoms with Crippen LogP contribution in [0, 0.1) is 11.3 Å². The second kappa shape index (κ2) is 5.72. The lowest BCUT2D eigenvalue weighted by Crippen LogP contribution is -2.33. The Morgan fingerprint density at radius 3 is 2.50 bits per heavy atom. The maximum absolute atomic E-state index is 11.8. The lowest BCUT2D eigenvalue weighted by atomic mass is 9.76. The number of thioether (sulfide) groups is 1. The average Bonchev–Trinajstić information content (AvgIpc) is 2.31. The van der Waals surface area contributed by atoms with Crippen molar-refractivity contribution in [2.24, 2.45) is 0 Å². The van der Waals surface area contributed by atoms with E-state index in [9.17, 15) is 10.1 Å². The quantitative estimate of drug-likeness (QED) is 0.785. The second-order valence-electron chi connectivity index (χ2n) is 3.68. The number of benzene rings is 1. The number of hydrogen-bond acceptors (Lipinski definition) is 3. The van der Waals surface area contributed by atoms with Crippen LogP contribution >= 0.6 is 11.8 Å². The van der Waals surface area contributed by atoms with Crippen molar-refractivity contribution in [3.05, 3.63) is 35.9 Å². The topological polar surface area (TPSA) is 40.9 Å². The zero-order valence-corrected chi connectivity index (χ0v) is 10.4. The molecule has 0 N–H and O–H groups in total. The summed E-state index contributed by atoms with van der Waals surface area (Å²) in [6.45, 7) is 1.50. The molecule has 0 amide bonds. The van der Waals surface area contributed by atoms with Crippen LogP contribution in [0.2, 0.25) is 0 Å². The Kier molecular flexibility index (Phi) is 4.57. The molecule has 0 aromatic heterocycles. The van der Waals surface area contributed by atoms with Gasteiger partial charge in [0.15, 0.2) is 5.78 Å². The minimum atomic E-state index is -0.968. The molecule has 0 saturated heterocycles. The summed E-state index contributed by atoms with van der Waals surface area (Å²) in [6.07, 6.45) is 2.55. The van der Waals surface area contributed by atoms with Crippen LogP contribution in [0.3, 0.4) is 0 Å². The molecule has 16 heavy (non-hydrogen) atoms. The van der Waals surface area contributed by atoms with Crippen LogP contribution in [-0.4, -0.2) is 17.8 Å². The molecule has 3 heteroatoms. The first-order valence-corrected chi connectivity index (χ1v) is 6.53. The molecule has 1 aromatic rings. The van der Waals surface area contributed by atoms with Gasteiger partial charge in [0, 0.05) is 0 Å². The Labute approximate surface area is 101 Å². The third-order valence-corrected chi connectivity index (χ3v) is 3.35. The molecular formula is C13H15NOS. The van der Waals surface area contributed by atoms with E-state index in [0.717, 1.165) is 11.3 Å². The number of carbonyl (C=O) groups excluding carboxylic acids is 1. The van der Waals surface area contributed by atoms with E-state index in [-0.39, 0.29) is 5.78 Å². The van der Waals surface area contributed by atoms with Crippen molar-refractivity contribution in [2.75, 3.05) is 12.0 Å². The van der Waals surface area contributed by atoms with Crippen molar-refractivity contribution in [1.82, 2.24) is 0 Å². The fourth-order valence-electron chi connectivity index (χ4n) is 1.70. The lowest BCUT2D eigenvalue weighted by Gasteiger charge is -2.23. The van der Waals surface area contributed by atoms with Crippen molar-refractivity contribution in [3.8, 4) is 6.07 Å². The number of Topliss-reactive ketones (excluding diaryl/α,β-unsaturated/α-hetero) is 1. The maximum Gasteiger partial charge on any atom is 0.154 e. The first kappa shape index (κ1) is 12.8. The van der Waals surface area contributed by atoms with E-state index >= 15 is 0 Å². The first-order chi connectivity index (χ1) is 7.67. The summed E-state index contributed by atoms with van der Waals surface area (Å²) in [7, 11) is 0. The molecule has 1 unspecified atom stereocenters. The highest BCUT2D eigenvalue weighted by atomic mass is 32.2. The van der Waals surface area contributed by atoms with Crippen LogP contribution in [0.1, 0.15) is 18.9 Å². The molecule has 0 aliphatic heterocycles. The predicted molar refractivity (Wildman–Crippen MR) is 67.4 cm³/mol. The number of rotatable bonds is 5. The van der Waals surface area contributed by atoms with Gasteiger partial charge in [-0.1, -0.05) is 30.3 Å². The fourth-order valence-corrected chi connectivity index (χ4v) is 2.21. The van der Waals surface area contributed by atoms with E-state index in [4.69, 9.17) is 0 Å². The number of nitriles is 1. The van der Waals surface area contributed by atoms with Crippen LogP contribution in [0.5, 0.6) is 0 Å². The maximum atomic E-state index is 11.8. The van der Waals surface area contributed by atoms with E-state index in [1.807, 2.05) is 36.6 Å². The molecule has 0 heterocycles. The smallest absolute Gasteiger partial charge is 0.154 e. The first-order valence-electron chi connectivity index (χ1n) is 5.14. The highest BCUT2D eigenvalue weighted by Crippen LogP contribution is 2.29. The molecule has 0 aliphatic rings. The molecule has 0 radical (unpaired) electrons. The highest BCUT2D eigenvalue weighted by molar-refractivity contribution is 7.98. The largest absolute Gasteiger partial charge is 0.298 e. The Hall–Kier alpha value is -1.27. The number of ketones is 1. The summed E-state index contributed by atoms with van der Waals surface area (Å²) in [4.78, 5) is 11.8. The summed E-state index contributed by atoms with van der Waals surface area (Å²) < 4.78 is 0. The van der Waals surface area contributed by atoms with Crippen molar-refractivity contribution in [1.29, 1.82) is 5.26 Å². The van der Waals surface area contributed by atoms with Crippen molar-refractivity contribution >= 4 is 17.5 Å². The average molecular weight is 233 g/mol. The Bertz CT molecular complexity index is 396. The van der Waals surface area contributed by atoms with Crippen LogP contribution in [0.25, 0.3) is 0 Å². The summed E-state index contributed by atoms with van der Waals surface area (Å²) in [5.74, 6) is 0.734. The van der Waals surface area contributed by atoms with Crippen LogP contribution in [0.15, 0.2) is 30.3 Å². The Morgan fingerprint density at radius 2 is 2.06 bits per heavy atom. The molecule has 0 aliphatic carbocycles. The van der Waals surface area contributed by atoms with Gasteiger partial charge in [0.1, 0.15) is 5.41 Å². The zero-order chi connectivity index (χ0) is 12.0. The van der Waals surface area contributed by atoms with Gasteiger partial charge < -0.3 is 0 Å². The minimum absolute atomic E-state index is 0.0738. The summed E-state index contributed by atoms with van der Waals surface area (Å²) in [5.41, 5.74) is -0.163. The van der Waals surface area contributed by atoms with Crippen molar-refractivity contribution in [2.45, 2.75) is 18.8 Å². The van der Waals surface area contributed by atoms with E-state index < -0.39 is 5.41 Å². The number of nitrogens with zero attached hydrogens (tertiary/aromatic N) is 1. The molecule has 1 atom stereocenters. The molecule has 1 rings (SSSR count). The van der Waals surface area contributed by atoms with Crippen LogP contribution in [0.4, 0.5) is 0 Å². The summed E-state index contributed by atoms with van der Waals surface area (Å²) in [6, 6.07) is 11.5. The molecule has 0 fully saturated rings. The third kappa shape index (κ3) is 2.45. The van der Waals surface area contributed by atoms with E-state index in [1.54, 1.807) is 11.8 Å². The van der Waals surface area contributed by atoms with Crippen LogP contribution < -0.4 is 0 Å². The molecule has 2 nitrogen and oxygen atoms in total. The van der Waals surface area contributed by atoms with Gasteiger partial charge in [-0.15, -0.1) is 0 Å². The van der Waals surface area contributed by atoms with Gasteiger partial charge in [-0.2, -0.15) is 17.0 Å². The summed E-state index contributed by atoms with van der Waals surface area (Å²) in [5, 5.41) is 9.35. The SMILES string of the molecule is CSCCC(C#N)(C(C)=O)c1ccccc1. The van der Waals surface area contributed by atoms with Crippen molar-refractivity contribution < 1.29 is 4.79 Å². The van der Waals surface area contributed by atoms with Gasteiger partial charge >= 0.3 is 0 Å². The van der Waals surface area contributed by atoms with E-state index in [1.165, 1.54) is 6.92 Å². The monoisotopic (exact) mass is 233 g/mol. The number of carbonyl (C=O) groups is 1.